The van der Waals surface area contributed by atoms with Crippen molar-refractivity contribution >= 4 is 32.7 Å². The smallest absolute Gasteiger partial charge is 0.379 e. The van der Waals surface area contributed by atoms with Crippen LogP contribution >= 0.6 is 0 Å². The number of carbonyl (C=O) groups excluding carboxylic acids is 1. The number of anilines is 1. The van der Waals surface area contributed by atoms with E-state index in [9.17, 15) is 23.3 Å². The second kappa shape index (κ2) is 8.85. The minimum Gasteiger partial charge on any atom is -0.379 e. The van der Waals surface area contributed by atoms with E-state index < -0.39 is 21.8 Å². The van der Waals surface area contributed by atoms with Gasteiger partial charge in [-0.15, -0.1) is 0 Å². The molecular formula is C23H13N5O7S. The highest BCUT2D eigenvalue weighted by Crippen LogP contribution is 2.29. The van der Waals surface area contributed by atoms with Gasteiger partial charge in [0, 0.05) is 11.6 Å². The van der Waals surface area contributed by atoms with Crippen LogP contribution in [0.3, 0.4) is 0 Å². The Hall–Kier alpha value is -5.22. The summed E-state index contributed by atoms with van der Waals surface area (Å²) in [5.41, 5.74) is 0.737. The lowest BCUT2D eigenvalue weighted by molar-refractivity contribution is 0.102. The van der Waals surface area contributed by atoms with E-state index in [-0.39, 0.29) is 44.6 Å². The van der Waals surface area contributed by atoms with Crippen molar-refractivity contribution in [2.24, 2.45) is 0 Å². The van der Waals surface area contributed by atoms with E-state index in [2.05, 4.69) is 25.1 Å². The van der Waals surface area contributed by atoms with Crippen molar-refractivity contribution in [2.75, 3.05) is 5.32 Å². The van der Waals surface area contributed by atoms with Crippen molar-refractivity contribution in [2.45, 2.75) is 4.90 Å². The fourth-order valence-corrected chi connectivity index (χ4v) is 4.29. The molecule has 0 aliphatic carbocycles. The molecule has 2 N–H and O–H groups in total. The van der Waals surface area contributed by atoms with Gasteiger partial charge in [-0.05, 0) is 42.5 Å². The Labute approximate surface area is 201 Å². The Morgan fingerprint density at radius 1 is 1.03 bits per heavy atom. The molecule has 0 bridgehead atoms. The van der Waals surface area contributed by atoms with Gasteiger partial charge in [0.25, 0.3) is 5.91 Å². The summed E-state index contributed by atoms with van der Waals surface area (Å²) in [6.07, 6.45) is 0. The highest BCUT2D eigenvalue weighted by molar-refractivity contribution is 7.87. The lowest BCUT2D eigenvalue weighted by atomic mass is 10.1. The molecule has 0 spiro atoms. The lowest BCUT2D eigenvalue weighted by Gasteiger charge is -2.08. The summed E-state index contributed by atoms with van der Waals surface area (Å²) in [5, 5.41) is 19.5. The Bertz CT molecular complexity index is 1810. The molecule has 3 aromatic carbocycles. The first-order chi connectivity index (χ1) is 17.3. The summed E-state index contributed by atoms with van der Waals surface area (Å²) >= 11 is 0. The molecule has 0 saturated heterocycles. The van der Waals surface area contributed by atoms with Crippen LogP contribution in [0.25, 0.3) is 22.4 Å². The predicted molar refractivity (Wildman–Crippen MR) is 123 cm³/mol. The van der Waals surface area contributed by atoms with Crippen molar-refractivity contribution in [3.05, 3.63) is 88.5 Å². The molecule has 0 aliphatic heterocycles. The van der Waals surface area contributed by atoms with E-state index in [0.717, 1.165) is 0 Å². The Morgan fingerprint density at radius 2 is 1.83 bits per heavy atom. The van der Waals surface area contributed by atoms with Crippen LogP contribution in [0, 0.1) is 11.3 Å². The molecule has 0 unspecified atom stereocenters. The van der Waals surface area contributed by atoms with Crippen LogP contribution in [0.4, 0.5) is 5.69 Å². The fourth-order valence-electron chi connectivity index (χ4n) is 3.34. The molecule has 13 heteroatoms. The Morgan fingerprint density at radius 3 is 2.56 bits per heavy atom. The highest BCUT2D eigenvalue weighted by Gasteiger charge is 2.21. The maximum absolute atomic E-state index is 13.0. The van der Waals surface area contributed by atoms with Gasteiger partial charge in [0.1, 0.15) is 10.6 Å². The zero-order valence-corrected chi connectivity index (χ0v) is 18.8. The maximum Gasteiger partial charge on any atom is 0.439 e. The van der Waals surface area contributed by atoms with Crippen molar-refractivity contribution in [1.29, 1.82) is 5.26 Å². The molecule has 0 saturated carbocycles. The van der Waals surface area contributed by atoms with Crippen molar-refractivity contribution in [3.63, 3.8) is 0 Å². The third kappa shape index (κ3) is 4.31. The first kappa shape index (κ1) is 22.6. The van der Waals surface area contributed by atoms with Gasteiger partial charge in [-0.25, -0.2) is 4.79 Å². The summed E-state index contributed by atoms with van der Waals surface area (Å²) in [6.45, 7) is 0. The Balaban J connectivity index is 1.43. The normalized spacial score (nSPS) is 11.2. The molecule has 12 nitrogen and oxygen atoms in total. The quantitative estimate of drug-likeness (QED) is 0.327. The number of aromatic amines is 1. The number of carbonyl (C=O) groups is 1. The summed E-state index contributed by atoms with van der Waals surface area (Å²) in [4.78, 5) is 26.7. The third-order valence-corrected chi connectivity index (χ3v) is 6.25. The second-order valence-electron chi connectivity index (χ2n) is 7.31. The summed E-state index contributed by atoms with van der Waals surface area (Å²) in [7, 11) is -4.07. The molecule has 2 aromatic heterocycles. The number of hydrogen-bond acceptors (Lipinski definition) is 10. The number of benzene rings is 3. The van der Waals surface area contributed by atoms with E-state index in [0.29, 0.717) is 5.39 Å². The SMILES string of the molecule is N#Cc1ccc(NC(=O)c2noc3cc(OS(=O)(=O)c4ccccc4)ccc23)c(-c2noc(=O)[nH]2)c1. The van der Waals surface area contributed by atoms with Crippen molar-refractivity contribution < 1.29 is 26.4 Å². The highest BCUT2D eigenvalue weighted by atomic mass is 32.2. The molecule has 5 rings (SSSR count). The molecule has 2 heterocycles. The zero-order chi connectivity index (χ0) is 25.3. The number of H-pyrrole nitrogens is 1. The number of nitriles is 1. The maximum atomic E-state index is 13.0. The van der Waals surface area contributed by atoms with E-state index in [1.807, 2.05) is 6.07 Å². The monoisotopic (exact) mass is 503 g/mol. The van der Waals surface area contributed by atoms with Crippen molar-refractivity contribution in [1.82, 2.24) is 15.3 Å². The van der Waals surface area contributed by atoms with Gasteiger partial charge in [-0.1, -0.05) is 28.5 Å². The molecule has 36 heavy (non-hydrogen) atoms. The molecule has 178 valence electrons. The average molecular weight is 503 g/mol. The Kier molecular flexibility index (Phi) is 5.55. The molecular weight excluding hydrogens is 490 g/mol. The lowest BCUT2D eigenvalue weighted by Crippen LogP contribution is -2.13. The first-order valence-electron chi connectivity index (χ1n) is 10.1. The largest absolute Gasteiger partial charge is 0.439 e. The van der Waals surface area contributed by atoms with Crippen LogP contribution in [0.2, 0.25) is 0 Å². The van der Waals surface area contributed by atoms with Gasteiger partial charge in [-0.2, -0.15) is 13.7 Å². The molecule has 1 amide bonds. The number of aromatic nitrogens is 3. The number of rotatable bonds is 6. The van der Waals surface area contributed by atoms with E-state index in [1.165, 1.54) is 48.5 Å². The van der Waals surface area contributed by atoms with Gasteiger partial charge < -0.3 is 14.0 Å². The first-order valence-corrected chi connectivity index (χ1v) is 11.6. The van der Waals surface area contributed by atoms with Gasteiger partial charge in [0.05, 0.1) is 22.7 Å². The van der Waals surface area contributed by atoms with Crippen LogP contribution in [-0.4, -0.2) is 29.6 Å². The van der Waals surface area contributed by atoms with Crippen LogP contribution in [-0.2, 0) is 10.1 Å². The van der Waals surface area contributed by atoms with Gasteiger partial charge >= 0.3 is 15.9 Å². The minimum absolute atomic E-state index is 0.0128. The number of nitrogens with one attached hydrogen (secondary N) is 2. The fraction of sp³-hybridized carbons (Fsp3) is 0. The van der Waals surface area contributed by atoms with Crippen molar-refractivity contribution in [3.8, 4) is 23.2 Å². The van der Waals surface area contributed by atoms with E-state index in [4.69, 9.17) is 8.71 Å². The molecule has 5 aromatic rings. The standard InChI is InChI=1S/C23H13N5O7S/c24-12-13-6-9-18(17(10-13)21-26-23(30)34-28-21)25-22(29)20-16-8-7-14(11-19(16)33-27-20)35-36(31,32)15-4-2-1-3-5-15/h1-11H,(H,25,29)(H,26,28,30). The van der Waals surface area contributed by atoms with Crippen LogP contribution < -0.4 is 15.3 Å². The van der Waals surface area contributed by atoms with Crippen LogP contribution in [0.1, 0.15) is 16.1 Å². The molecule has 0 fully saturated rings. The van der Waals surface area contributed by atoms with Gasteiger partial charge in [0.15, 0.2) is 17.1 Å². The number of amides is 1. The molecule has 0 atom stereocenters. The van der Waals surface area contributed by atoms with Gasteiger partial charge in [-0.3, -0.25) is 14.3 Å². The third-order valence-electron chi connectivity index (χ3n) is 4.99. The van der Waals surface area contributed by atoms with E-state index >= 15 is 0 Å². The van der Waals surface area contributed by atoms with Gasteiger partial charge in [0.2, 0.25) is 0 Å². The van der Waals surface area contributed by atoms with Crippen LogP contribution in [0.5, 0.6) is 5.75 Å². The second-order valence-corrected chi connectivity index (χ2v) is 8.86. The summed E-state index contributed by atoms with van der Waals surface area (Å²) in [6, 6.07) is 18.0. The number of hydrogen-bond donors (Lipinski definition) is 2. The summed E-state index contributed by atoms with van der Waals surface area (Å²) < 4.78 is 39.8. The summed E-state index contributed by atoms with van der Waals surface area (Å²) in [5.74, 6) is -1.49. The number of nitrogens with zero attached hydrogens (tertiary/aromatic N) is 3. The van der Waals surface area contributed by atoms with Crippen LogP contribution in [0.15, 0.2) is 85.5 Å². The number of fused-ring (bicyclic) bond motifs is 1. The molecule has 0 radical (unpaired) electrons. The van der Waals surface area contributed by atoms with E-state index in [1.54, 1.807) is 18.2 Å². The minimum atomic E-state index is -4.07. The molecule has 0 aliphatic rings. The topological polar surface area (TPSA) is 181 Å². The average Bonchev–Trinajstić information content (AvgIpc) is 3.50. The predicted octanol–water partition coefficient (Wildman–Crippen LogP) is 3.06. The zero-order valence-electron chi connectivity index (χ0n) is 18.0.